The molecule has 0 radical (unpaired) electrons. The lowest BCUT2D eigenvalue weighted by molar-refractivity contribution is 0.0932. The molecule has 0 aromatic heterocycles. The number of nitrogens with one attached hydrogen (secondary N) is 1. The predicted molar refractivity (Wildman–Crippen MR) is 84.5 cm³/mol. The van der Waals surface area contributed by atoms with Crippen LogP contribution < -0.4 is 5.32 Å². The van der Waals surface area contributed by atoms with Gasteiger partial charge in [-0.3, -0.25) is 4.79 Å². The third kappa shape index (κ3) is 2.87. The second-order valence-corrected chi connectivity index (χ2v) is 6.42. The van der Waals surface area contributed by atoms with Crippen LogP contribution in [-0.4, -0.2) is 17.6 Å². The molecule has 3 nitrogen and oxygen atoms in total. The van der Waals surface area contributed by atoms with Gasteiger partial charge in [0.1, 0.15) is 5.75 Å². The maximum absolute atomic E-state index is 12.3. The van der Waals surface area contributed by atoms with Crippen molar-refractivity contribution in [3.63, 3.8) is 0 Å². The van der Waals surface area contributed by atoms with Crippen molar-refractivity contribution in [2.75, 3.05) is 6.54 Å². The number of amides is 1. The molecule has 0 heterocycles. The van der Waals surface area contributed by atoms with Gasteiger partial charge in [-0.2, -0.15) is 0 Å². The number of fused-ring (bicyclic) bond motifs is 1. The second-order valence-electron chi connectivity index (χ2n) is 6.42. The molecule has 0 bridgehead atoms. The minimum atomic E-state index is -0.189. The summed E-state index contributed by atoms with van der Waals surface area (Å²) in [4.78, 5) is 12.3. The van der Waals surface area contributed by atoms with Gasteiger partial charge in [0.2, 0.25) is 0 Å². The molecular weight excluding hydrogens is 262 g/mol. The first-order valence-corrected chi connectivity index (χ1v) is 7.57. The molecule has 1 aliphatic carbocycles. The van der Waals surface area contributed by atoms with E-state index >= 15 is 0 Å². The number of benzene rings is 2. The fraction of sp³-hybridized carbons (Fsp3) is 0.389. The van der Waals surface area contributed by atoms with E-state index in [0.717, 1.165) is 23.6 Å². The number of hydrogen-bond acceptors (Lipinski definition) is 2. The van der Waals surface area contributed by atoms with Gasteiger partial charge in [0.25, 0.3) is 5.91 Å². The highest BCUT2D eigenvalue weighted by Gasteiger charge is 2.29. The summed E-state index contributed by atoms with van der Waals surface area (Å²) in [5.74, 6) is -0.144. The molecule has 2 N–H and O–H groups in total. The predicted octanol–water partition coefficient (Wildman–Crippen LogP) is 3.86. The van der Waals surface area contributed by atoms with E-state index in [0.29, 0.717) is 12.1 Å². The molecule has 0 spiro atoms. The number of phenols is 1. The molecule has 21 heavy (non-hydrogen) atoms. The van der Waals surface area contributed by atoms with Gasteiger partial charge in [-0.05, 0) is 41.2 Å². The summed E-state index contributed by atoms with van der Waals surface area (Å²) in [5, 5.41) is 15.0. The smallest absolute Gasteiger partial charge is 0.255 e. The first kappa shape index (κ1) is 13.9. The Morgan fingerprint density at radius 3 is 2.48 bits per heavy atom. The fourth-order valence-electron chi connectivity index (χ4n) is 3.20. The van der Waals surface area contributed by atoms with E-state index in [9.17, 15) is 9.90 Å². The monoisotopic (exact) mass is 283 g/mol. The lowest BCUT2D eigenvalue weighted by Crippen LogP contribution is -2.34. The van der Waals surface area contributed by atoms with Crippen molar-refractivity contribution in [1.29, 1.82) is 0 Å². The van der Waals surface area contributed by atoms with Crippen LogP contribution in [0.25, 0.3) is 10.8 Å². The molecule has 3 rings (SSSR count). The summed E-state index contributed by atoms with van der Waals surface area (Å²) in [6.07, 6.45) is 4.81. The molecule has 2 aromatic rings. The Bertz CT molecular complexity index is 672. The summed E-state index contributed by atoms with van der Waals surface area (Å²) in [6, 6.07) is 11.1. The first-order chi connectivity index (χ1) is 10.1. The molecule has 0 atom stereocenters. The number of rotatable bonds is 3. The van der Waals surface area contributed by atoms with Crippen molar-refractivity contribution in [3.8, 4) is 5.75 Å². The van der Waals surface area contributed by atoms with Crippen LogP contribution in [0.4, 0.5) is 0 Å². The molecular formula is C18H21NO2. The normalized spacial score (nSPS) is 17.0. The van der Waals surface area contributed by atoms with Gasteiger partial charge in [0.05, 0.1) is 5.56 Å². The molecule has 1 aliphatic rings. The van der Waals surface area contributed by atoms with Gasteiger partial charge in [0.15, 0.2) is 0 Å². The van der Waals surface area contributed by atoms with E-state index in [4.69, 9.17) is 0 Å². The zero-order valence-electron chi connectivity index (χ0n) is 12.4. The molecule has 2 aromatic carbocycles. The third-order valence-corrected chi connectivity index (χ3v) is 4.60. The van der Waals surface area contributed by atoms with Crippen molar-refractivity contribution in [2.24, 2.45) is 5.41 Å². The van der Waals surface area contributed by atoms with Crippen LogP contribution in [0, 0.1) is 5.41 Å². The van der Waals surface area contributed by atoms with Gasteiger partial charge in [-0.1, -0.05) is 44.0 Å². The average molecular weight is 283 g/mol. The van der Waals surface area contributed by atoms with Crippen molar-refractivity contribution >= 4 is 16.7 Å². The fourth-order valence-corrected chi connectivity index (χ4v) is 3.20. The maximum atomic E-state index is 12.3. The first-order valence-electron chi connectivity index (χ1n) is 7.57. The third-order valence-electron chi connectivity index (χ3n) is 4.60. The minimum absolute atomic E-state index is 0.0442. The van der Waals surface area contributed by atoms with E-state index in [1.54, 1.807) is 12.1 Å². The zero-order chi connectivity index (χ0) is 14.9. The molecule has 110 valence electrons. The Balaban J connectivity index is 1.79. The van der Waals surface area contributed by atoms with Crippen LogP contribution in [-0.2, 0) is 0 Å². The highest BCUT2D eigenvalue weighted by atomic mass is 16.3. The number of carbonyl (C=O) groups is 1. The molecule has 3 heteroatoms. The number of hydrogen-bond donors (Lipinski definition) is 2. The van der Waals surface area contributed by atoms with Crippen LogP contribution in [0.15, 0.2) is 36.4 Å². The summed E-state index contributed by atoms with van der Waals surface area (Å²) >= 11 is 0. The highest BCUT2D eigenvalue weighted by molar-refractivity contribution is 6.01. The maximum Gasteiger partial charge on any atom is 0.255 e. The largest absolute Gasteiger partial charge is 0.507 e. The van der Waals surface area contributed by atoms with E-state index in [2.05, 4.69) is 12.2 Å². The highest BCUT2D eigenvalue weighted by Crippen LogP contribution is 2.36. The molecule has 1 saturated carbocycles. The lowest BCUT2D eigenvalue weighted by Gasteiger charge is -2.23. The van der Waals surface area contributed by atoms with Crippen molar-refractivity contribution in [2.45, 2.75) is 32.6 Å². The Morgan fingerprint density at radius 2 is 1.81 bits per heavy atom. The van der Waals surface area contributed by atoms with Gasteiger partial charge >= 0.3 is 0 Å². The topological polar surface area (TPSA) is 49.3 Å². The standard InChI is InChI=1S/C18H21NO2/c1-18(8-4-5-9-18)12-19-17(21)15-10-13-6-2-3-7-14(13)11-16(15)20/h2-3,6-7,10-11,20H,4-5,8-9,12H2,1H3,(H,19,21). The Kier molecular flexibility index (Phi) is 3.58. The SMILES string of the molecule is CC1(CNC(=O)c2cc3ccccc3cc2O)CCCC1. The zero-order valence-corrected chi connectivity index (χ0v) is 12.4. The van der Waals surface area contributed by atoms with Gasteiger partial charge in [-0.25, -0.2) is 0 Å². The van der Waals surface area contributed by atoms with E-state index in [1.807, 2.05) is 24.3 Å². The molecule has 1 amide bonds. The number of phenolic OH excluding ortho intramolecular Hbond substituents is 1. The van der Waals surface area contributed by atoms with E-state index in [1.165, 1.54) is 12.8 Å². The minimum Gasteiger partial charge on any atom is -0.507 e. The average Bonchev–Trinajstić information content (AvgIpc) is 2.91. The Hall–Kier alpha value is -2.03. The molecule has 0 unspecified atom stereocenters. The van der Waals surface area contributed by atoms with Crippen LogP contribution in [0.2, 0.25) is 0 Å². The van der Waals surface area contributed by atoms with Crippen LogP contribution in [0.3, 0.4) is 0 Å². The van der Waals surface area contributed by atoms with Gasteiger partial charge in [0, 0.05) is 6.54 Å². The molecule has 1 fully saturated rings. The number of carbonyl (C=O) groups excluding carboxylic acids is 1. The number of aromatic hydroxyl groups is 1. The van der Waals surface area contributed by atoms with Crippen LogP contribution in [0.1, 0.15) is 43.0 Å². The second kappa shape index (κ2) is 5.40. The Labute approximate surface area is 125 Å². The summed E-state index contributed by atoms with van der Waals surface area (Å²) < 4.78 is 0. The van der Waals surface area contributed by atoms with Crippen molar-refractivity contribution in [3.05, 3.63) is 42.0 Å². The summed E-state index contributed by atoms with van der Waals surface area (Å²) in [5.41, 5.74) is 0.567. The summed E-state index contributed by atoms with van der Waals surface area (Å²) in [6.45, 7) is 2.90. The quantitative estimate of drug-likeness (QED) is 0.898. The van der Waals surface area contributed by atoms with Crippen molar-refractivity contribution < 1.29 is 9.90 Å². The van der Waals surface area contributed by atoms with Crippen molar-refractivity contribution in [1.82, 2.24) is 5.32 Å². The summed E-state index contributed by atoms with van der Waals surface area (Å²) in [7, 11) is 0. The molecule has 0 saturated heterocycles. The Morgan fingerprint density at radius 1 is 1.19 bits per heavy atom. The van der Waals surface area contributed by atoms with Gasteiger partial charge in [-0.15, -0.1) is 0 Å². The van der Waals surface area contributed by atoms with E-state index in [-0.39, 0.29) is 17.1 Å². The van der Waals surface area contributed by atoms with Crippen LogP contribution in [0.5, 0.6) is 5.75 Å². The molecule has 0 aliphatic heterocycles. The van der Waals surface area contributed by atoms with Crippen LogP contribution >= 0.6 is 0 Å². The van der Waals surface area contributed by atoms with E-state index < -0.39 is 0 Å². The lowest BCUT2D eigenvalue weighted by atomic mass is 9.89. The van der Waals surface area contributed by atoms with Gasteiger partial charge < -0.3 is 10.4 Å².